The van der Waals surface area contributed by atoms with Gasteiger partial charge in [0.05, 0.1) is 0 Å². The molecule has 1 heterocycles. The first-order valence-corrected chi connectivity index (χ1v) is 10.2. The monoisotopic (exact) mass is 378 g/mol. The van der Waals surface area contributed by atoms with Gasteiger partial charge in [-0.3, -0.25) is 9.59 Å². The van der Waals surface area contributed by atoms with Gasteiger partial charge in [0.1, 0.15) is 5.41 Å². The van der Waals surface area contributed by atoms with E-state index < -0.39 is 5.41 Å². The highest BCUT2D eigenvalue weighted by molar-refractivity contribution is 6.06. The summed E-state index contributed by atoms with van der Waals surface area (Å²) in [5.74, 6) is -0.129. The molecule has 1 aliphatic rings. The van der Waals surface area contributed by atoms with Crippen molar-refractivity contribution in [1.29, 1.82) is 0 Å². The molecule has 4 heteroatoms. The molecule has 2 aromatic rings. The smallest absolute Gasteiger partial charge is 0.238 e. The second-order valence-corrected chi connectivity index (χ2v) is 7.90. The fraction of sp³-hybridized carbons (Fsp3) is 0.417. The van der Waals surface area contributed by atoms with E-state index in [9.17, 15) is 9.59 Å². The summed E-state index contributed by atoms with van der Waals surface area (Å²) in [4.78, 5) is 31.0. The van der Waals surface area contributed by atoms with Gasteiger partial charge in [0.2, 0.25) is 11.8 Å². The predicted molar refractivity (Wildman–Crippen MR) is 111 cm³/mol. The van der Waals surface area contributed by atoms with E-state index in [0.717, 1.165) is 11.1 Å². The molecule has 0 N–H and O–H groups in total. The Morgan fingerprint density at radius 2 is 1.18 bits per heavy atom. The zero-order valence-corrected chi connectivity index (χ0v) is 17.1. The molecule has 1 aliphatic heterocycles. The topological polar surface area (TPSA) is 40.6 Å². The molecule has 0 atom stereocenters. The maximum absolute atomic E-state index is 13.6. The third kappa shape index (κ3) is 3.82. The van der Waals surface area contributed by atoms with Crippen LogP contribution >= 0.6 is 0 Å². The normalized spacial score (nSPS) is 17.1. The van der Waals surface area contributed by atoms with Crippen LogP contribution in [0.3, 0.4) is 0 Å². The Kier molecular flexibility index (Phi) is 6.18. The van der Waals surface area contributed by atoms with Crippen LogP contribution in [0.5, 0.6) is 0 Å². The minimum atomic E-state index is -1.000. The first kappa shape index (κ1) is 20.1. The lowest BCUT2D eigenvalue weighted by atomic mass is 9.72. The molecule has 0 aliphatic carbocycles. The van der Waals surface area contributed by atoms with Crippen LogP contribution in [-0.2, 0) is 22.7 Å². The fourth-order valence-corrected chi connectivity index (χ4v) is 4.21. The van der Waals surface area contributed by atoms with Crippen LogP contribution in [0.25, 0.3) is 0 Å². The van der Waals surface area contributed by atoms with Gasteiger partial charge < -0.3 is 9.80 Å². The van der Waals surface area contributed by atoms with Crippen LogP contribution in [0.4, 0.5) is 0 Å². The summed E-state index contributed by atoms with van der Waals surface area (Å²) in [6.07, 6.45) is 0.513. The van der Waals surface area contributed by atoms with Crippen LogP contribution in [0.1, 0.15) is 38.3 Å². The van der Waals surface area contributed by atoms with Crippen molar-refractivity contribution in [2.75, 3.05) is 13.1 Å². The largest absolute Gasteiger partial charge is 0.336 e. The molecule has 1 fully saturated rings. The van der Waals surface area contributed by atoms with Gasteiger partial charge in [-0.2, -0.15) is 0 Å². The quantitative estimate of drug-likeness (QED) is 0.710. The lowest BCUT2D eigenvalue weighted by Gasteiger charge is -2.37. The third-order valence-electron chi connectivity index (χ3n) is 5.95. The van der Waals surface area contributed by atoms with E-state index in [0.29, 0.717) is 32.6 Å². The highest BCUT2D eigenvalue weighted by atomic mass is 16.2. The van der Waals surface area contributed by atoms with E-state index in [1.165, 1.54) is 0 Å². The molecule has 2 amide bonds. The van der Waals surface area contributed by atoms with Crippen molar-refractivity contribution < 1.29 is 9.59 Å². The van der Waals surface area contributed by atoms with Gasteiger partial charge >= 0.3 is 0 Å². The molecule has 0 unspecified atom stereocenters. The summed E-state index contributed by atoms with van der Waals surface area (Å²) >= 11 is 0. The summed E-state index contributed by atoms with van der Waals surface area (Å²) in [5, 5.41) is 0. The minimum absolute atomic E-state index is 0.0329. The van der Waals surface area contributed by atoms with Gasteiger partial charge in [-0.25, -0.2) is 0 Å². The van der Waals surface area contributed by atoms with Crippen LogP contribution in [0.2, 0.25) is 0 Å². The number of carbonyl (C=O) groups excluding carboxylic acids is 2. The number of hydrogen-bond donors (Lipinski definition) is 0. The summed E-state index contributed by atoms with van der Waals surface area (Å²) in [5.41, 5.74) is 1.18. The van der Waals surface area contributed by atoms with Crippen molar-refractivity contribution in [3.63, 3.8) is 0 Å². The van der Waals surface area contributed by atoms with Crippen molar-refractivity contribution in [3.8, 4) is 0 Å². The molecular formula is C24H30N2O2. The van der Waals surface area contributed by atoms with E-state index in [1.54, 1.807) is 0 Å². The molecule has 0 spiro atoms. The molecule has 2 aromatic carbocycles. The van der Waals surface area contributed by atoms with E-state index in [-0.39, 0.29) is 17.7 Å². The first-order chi connectivity index (χ1) is 13.5. The van der Waals surface area contributed by atoms with Crippen molar-refractivity contribution >= 4 is 11.8 Å². The van der Waals surface area contributed by atoms with Crippen LogP contribution < -0.4 is 0 Å². The molecule has 148 valence electrons. The molecule has 0 radical (unpaired) electrons. The second kappa shape index (κ2) is 8.59. The first-order valence-electron chi connectivity index (χ1n) is 10.2. The Labute approximate surface area is 168 Å². The lowest BCUT2D eigenvalue weighted by molar-refractivity contribution is -0.157. The Bertz CT molecular complexity index is 740. The summed E-state index contributed by atoms with van der Waals surface area (Å²) in [6.45, 7) is 8.14. The number of carbonyl (C=O) groups is 2. The Morgan fingerprint density at radius 1 is 0.786 bits per heavy atom. The standard InChI is InChI=1S/C24H30N2O2/c1-4-24(19(2)3)22(27)25(17-20-11-7-5-8-12-20)15-16-26(23(24)28)18-21-13-9-6-10-14-21/h5-14,19H,4,15-18H2,1-3H3. The average Bonchev–Trinajstić information content (AvgIpc) is 2.80. The van der Waals surface area contributed by atoms with Crippen LogP contribution in [-0.4, -0.2) is 34.7 Å². The maximum atomic E-state index is 13.6. The SMILES string of the molecule is CCC1(C(C)C)C(=O)N(Cc2ccccc2)CCN(Cc2ccccc2)C1=O. The van der Waals surface area contributed by atoms with E-state index in [2.05, 4.69) is 0 Å². The van der Waals surface area contributed by atoms with Gasteiger partial charge in [0.15, 0.2) is 0 Å². The molecular weight excluding hydrogens is 348 g/mol. The number of amides is 2. The van der Waals surface area contributed by atoms with Crippen molar-refractivity contribution in [3.05, 3.63) is 71.8 Å². The average molecular weight is 379 g/mol. The molecule has 3 rings (SSSR count). The van der Waals surface area contributed by atoms with Gasteiger partial charge in [0, 0.05) is 26.2 Å². The third-order valence-corrected chi connectivity index (χ3v) is 5.95. The summed E-state index contributed by atoms with van der Waals surface area (Å²) < 4.78 is 0. The van der Waals surface area contributed by atoms with Gasteiger partial charge in [-0.05, 0) is 23.5 Å². The number of benzene rings is 2. The van der Waals surface area contributed by atoms with Crippen LogP contribution in [0.15, 0.2) is 60.7 Å². The molecule has 0 bridgehead atoms. The molecule has 1 saturated heterocycles. The Hall–Kier alpha value is -2.62. The molecule has 28 heavy (non-hydrogen) atoms. The van der Waals surface area contributed by atoms with Crippen molar-refractivity contribution in [2.24, 2.45) is 11.3 Å². The van der Waals surface area contributed by atoms with Gasteiger partial charge in [0.25, 0.3) is 0 Å². The van der Waals surface area contributed by atoms with E-state index >= 15 is 0 Å². The summed E-state index contributed by atoms with van der Waals surface area (Å²) in [7, 11) is 0. The highest BCUT2D eigenvalue weighted by Gasteiger charge is 2.52. The predicted octanol–water partition coefficient (Wildman–Crippen LogP) is 4.11. The van der Waals surface area contributed by atoms with E-state index in [1.807, 2.05) is 91.2 Å². The molecule has 0 aromatic heterocycles. The summed E-state index contributed by atoms with van der Waals surface area (Å²) in [6, 6.07) is 20.0. The fourth-order valence-electron chi connectivity index (χ4n) is 4.21. The zero-order chi connectivity index (χ0) is 20.1. The minimum Gasteiger partial charge on any atom is -0.336 e. The highest BCUT2D eigenvalue weighted by Crippen LogP contribution is 2.38. The molecule has 4 nitrogen and oxygen atoms in total. The number of nitrogens with zero attached hydrogens (tertiary/aromatic N) is 2. The zero-order valence-electron chi connectivity index (χ0n) is 17.1. The second-order valence-electron chi connectivity index (χ2n) is 7.90. The van der Waals surface area contributed by atoms with Gasteiger partial charge in [-0.15, -0.1) is 0 Å². The van der Waals surface area contributed by atoms with Crippen LogP contribution in [0, 0.1) is 11.3 Å². The molecule has 0 saturated carbocycles. The number of hydrogen-bond acceptors (Lipinski definition) is 2. The Balaban J connectivity index is 1.93. The lowest BCUT2D eigenvalue weighted by Crippen LogP contribution is -2.52. The number of rotatable bonds is 6. The van der Waals surface area contributed by atoms with Gasteiger partial charge in [-0.1, -0.05) is 81.4 Å². The van der Waals surface area contributed by atoms with E-state index in [4.69, 9.17) is 0 Å². The maximum Gasteiger partial charge on any atom is 0.238 e. The van der Waals surface area contributed by atoms with Crippen molar-refractivity contribution in [2.45, 2.75) is 40.3 Å². The Morgan fingerprint density at radius 3 is 1.50 bits per heavy atom. The van der Waals surface area contributed by atoms with Crippen molar-refractivity contribution in [1.82, 2.24) is 9.80 Å².